The Morgan fingerprint density at radius 3 is 2.85 bits per heavy atom. The first-order valence-corrected chi connectivity index (χ1v) is 9.39. The van der Waals surface area contributed by atoms with Crippen LogP contribution < -0.4 is 10.1 Å². The van der Waals surface area contributed by atoms with Gasteiger partial charge in [0.05, 0.1) is 29.0 Å². The zero-order valence-electron chi connectivity index (χ0n) is 18.0. The van der Waals surface area contributed by atoms with Crippen molar-refractivity contribution in [3.8, 4) is 5.75 Å². The van der Waals surface area contributed by atoms with Gasteiger partial charge in [0.15, 0.2) is 5.83 Å². The van der Waals surface area contributed by atoms with E-state index >= 15 is 0 Å². The molecule has 1 aromatic carbocycles. The van der Waals surface area contributed by atoms with E-state index in [1.165, 1.54) is 6.08 Å². The zero-order chi connectivity index (χ0) is 21.6. The lowest BCUT2D eigenvalue weighted by Crippen LogP contribution is -2.53. The topological polar surface area (TPSA) is 47.6 Å². The fourth-order valence-electron chi connectivity index (χ4n) is 4.99. The van der Waals surface area contributed by atoms with E-state index in [4.69, 9.17) is 13.6 Å². The van der Waals surface area contributed by atoms with Gasteiger partial charge in [-0.1, -0.05) is 6.07 Å². The number of halogens is 2. The summed E-state index contributed by atoms with van der Waals surface area (Å²) < 4.78 is 59.6. The summed E-state index contributed by atoms with van der Waals surface area (Å²) in [5.74, 6) is -1.01. The van der Waals surface area contributed by atoms with Crippen molar-refractivity contribution in [3.63, 3.8) is 0 Å². The lowest BCUT2D eigenvalue weighted by Gasteiger charge is -2.47. The van der Waals surface area contributed by atoms with Crippen molar-refractivity contribution in [1.82, 2.24) is 5.32 Å². The molecule has 1 amide bonds. The first-order valence-electron chi connectivity index (χ1n) is 10.9. The third-order valence-corrected chi connectivity index (χ3v) is 6.35. The van der Waals surface area contributed by atoms with Gasteiger partial charge in [0.1, 0.15) is 5.75 Å². The monoisotopic (exact) mass is 380 g/mol. The summed E-state index contributed by atoms with van der Waals surface area (Å²) >= 11 is 0. The van der Waals surface area contributed by atoms with Gasteiger partial charge in [-0.2, -0.15) is 0 Å². The van der Waals surface area contributed by atoms with Crippen LogP contribution >= 0.6 is 0 Å². The predicted molar refractivity (Wildman–Crippen MR) is 96.9 cm³/mol. The lowest BCUT2D eigenvalue weighted by atomic mass is 9.62. The number of benzene rings is 1. The number of amides is 1. The van der Waals surface area contributed by atoms with E-state index in [1.807, 2.05) is 18.2 Å². The van der Waals surface area contributed by atoms with Crippen molar-refractivity contribution >= 4 is 5.91 Å². The van der Waals surface area contributed by atoms with Crippen molar-refractivity contribution < 1.29 is 27.2 Å². The standard InChI is InChI=1S/C21H25F2NO3/c1-26-15-5-7-20(8-6-15)12-14-3-4-16(27-10-2-9-22)11-17(14)21(20)13-18(23)19(25)24-21/h3-4,11,13,15H,2,5-10,12H2,1H3,(H,24,25)/t15-,20-,21?/i1D3. The van der Waals surface area contributed by atoms with E-state index in [1.54, 1.807) is 0 Å². The largest absolute Gasteiger partial charge is 0.493 e. The summed E-state index contributed by atoms with van der Waals surface area (Å²) in [5.41, 5.74) is 0.310. The number of methoxy groups -OCH3 is 1. The Hall–Kier alpha value is -1.95. The summed E-state index contributed by atoms with van der Waals surface area (Å²) in [7, 11) is -2.45. The van der Waals surface area contributed by atoms with Crippen molar-refractivity contribution in [2.24, 2.45) is 5.41 Å². The molecule has 4 rings (SSSR count). The number of rotatable bonds is 5. The average Bonchev–Trinajstić information content (AvgIpc) is 3.11. The third kappa shape index (κ3) is 2.85. The van der Waals surface area contributed by atoms with Gasteiger partial charge in [-0.25, -0.2) is 4.39 Å². The van der Waals surface area contributed by atoms with E-state index in [-0.39, 0.29) is 13.0 Å². The molecule has 1 fully saturated rings. The van der Waals surface area contributed by atoms with Crippen LogP contribution in [0.3, 0.4) is 0 Å². The molecule has 0 saturated heterocycles. The predicted octanol–water partition coefficient (Wildman–Crippen LogP) is 3.74. The van der Waals surface area contributed by atoms with Crippen molar-refractivity contribution in [2.45, 2.75) is 50.2 Å². The van der Waals surface area contributed by atoms with E-state index in [2.05, 4.69) is 5.32 Å². The number of hydrogen-bond acceptors (Lipinski definition) is 3. The van der Waals surface area contributed by atoms with E-state index in [9.17, 15) is 13.6 Å². The SMILES string of the molecule is [2H]C([2H])([2H])O[C@H]1CC[C@]2(CC1)Cc1ccc(OCCCF)cc1C21C=C(F)C(=O)N1. The highest BCUT2D eigenvalue weighted by atomic mass is 19.1. The average molecular weight is 380 g/mol. The fraction of sp³-hybridized carbons (Fsp3) is 0.571. The molecule has 27 heavy (non-hydrogen) atoms. The Morgan fingerprint density at radius 2 is 2.19 bits per heavy atom. The van der Waals surface area contributed by atoms with Crippen LogP contribution in [0.4, 0.5) is 8.78 Å². The highest BCUT2D eigenvalue weighted by Crippen LogP contribution is 2.60. The van der Waals surface area contributed by atoms with Crippen molar-refractivity contribution in [3.05, 3.63) is 41.2 Å². The highest BCUT2D eigenvalue weighted by Gasteiger charge is 2.60. The molecule has 1 unspecified atom stereocenters. The van der Waals surface area contributed by atoms with Gasteiger partial charge >= 0.3 is 0 Å². The molecule has 3 aliphatic rings. The minimum Gasteiger partial charge on any atom is -0.493 e. The highest BCUT2D eigenvalue weighted by molar-refractivity contribution is 5.95. The number of carbonyl (C=O) groups excluding carboxylic acids is 1. The van der Waals surface area contributed by atoms with E-state index < -0.39 is 42.5 Å². The lowest BCUT2D eigenvalue weighted by molar-refractivity contribution is -0.120. The molecular formula is C21H25F2NO3. The number of alkyl halides is 1. The number of carbonyl (C=O) groups is 1. The summed E-state index contributed by atoms with van der Waals surface area (Å²) in [6.07, 6.45) is 4.10. The first-order chi connectivity index (χ1) is 14.2. The second-order valence-electron chi connectivity index (χ2n) is 7.74. The molecule has 1 aliphatic heterocycles. The Morgan fingerprint density at radius 1 is 1.37 bits per heavy atom. The molecule has 1 N–H and O–H groups in total. The molecule has 1 aromatic rings. The summed E-state index contributed by atoms with van der Waals surface area (Å²) in [4.78, 5) is 12.2. The number of fused-ring (bicyclic) bond motifs is 3. The minimum absolute atomic E-state index is 0.234. The second kappa shape index (κ2) is 6.89. The van der Waals surface area contributed by atoms with Gasteiger partial charge in [0, 0.05) is 18.9 Å². The van der Waals surface area contributed by atoms with Gasteiger partial charge < -0.3 is 14.8 Å². The van der Waals surface area contributed by atoms with E-state index in [0.29, 0.717) is 37.9 Å². The fourth-order valence-corrected chi connectivity index (χ4v) is 4.99. The Kier molecular flexibility index (Phi) is 3.84. The number of hydrogen-bond donors (Lipinski definition) is 1. The van der Waals surface area contributed by atoms with Gasteiger partial charge in [-0.15, -0.1) is 0 Å². The summed E-state index contributed by atoms with van der Waals surface area (Å²) in [5, 5.41) is 2.88. The third-order valence-electron chi connectivity index (χ3n) is 6.35. The van der Waals surface area contributed by atoms with Crippen molar-refractivity contribution in [1.29, 1.82) is 0 Å². The molecule has 1 saturated carbocycles. The molecule has 6 heteroatoms. The van der Waals surface area contributed by atoms with Gasteiger partial charge in [0.25, 0.3) is 5.91 Å². The zero-order valence-corrected chi connectivity index (χ0v) is 15.0. The Bertz CT molecular complexity index is 866. The van der Waals surface area contributed by atoms with Crippen molar-refractivity contribution in [2.75, 3.05) is 20.3 Å². The van der Waals surface area contributed by atoms with Crippen LogP contribution in [0.15, 0.2) is 30.1 Å². The summed E-state index contributed by atoms with van der Waals surface area (Å²) in [6.45, 7) is -0.236. The van der Waals surface area contributed by atoms with Crippen LogP contribution in [0.1, 0.15) is 47.3 Å². The normalized spacial score (nSPS) is 34.0. The molecule has 0 aromatic heterocycles. The Balaban J connectivity index is 1.65. The van der Waals surface area contributed by atoms with Crippen LogP contribution in [0.25, 0.3) is 0 Å². The van der Waals surface area contributed by atoms with Crippen LogP contribution in [0, 0.1) is 5.41 Å². The molecule has 1 atom stereocenters. The minimum atomic E-state index is -2.45. The molecule has 2 aliphatic carbocycles. The van der Waals surface area contributed by atoms with Crippen LogP contribution in [0.2, 0.25) is 0 Å². The van der Waals surface area contributed by atoms with Crippen LogP contribution in [0.5, 0.6) is 5.75 Å². The maximum absolute atomic E-state index is 14.4. The van der Waals surface area contributed by atoms with Gasteiger partial charge in [-0.3, -0.25) is 9.18 Å². The van der Waals surface area contributed by atoms with Gasteiger partial charge in [0.2, 0.25) is 0 Å². The maximum Gasteiger partial charge on any atom is 0.280 e. The second-order valence-corrected chi connectivity index (χ2v) is 7.74. The molecule has 4 nitrogen and oxygen atoms in total. The Labute approximate surface area is 162 Å². The van der Waals surface area contributed by atoms with Gasteiger partial charge in [-0.05, 0) is 61.4 Å². The molecular weight excluding hydrogens is 352 g/mol. The summed E-state index contributed by atoms with van der Waals surface area (Å²) in [6, 6.07) is 5.53. The molecule has 0 bridgehead atoms. The van der Waals surface area contributed by atoms with E-state index in [0.717, 1.165) is 11.1 Å². The van der Waals surface area contributed by atoms with Crippen LogP contribution in [-0.4, -0.2) is 32.3 Å². The smallest absolute Gasteiger partial charge is 0.280 e. The molecule has 146 valence electrons. The number of ether oxygens (including phenoxy) is 2. The molecule has 1 heterocycles. The number of nitrogens with one attached hydrogen (secondary N) is 1. The van der Waals surface area contributed by atoms with Crippen LogP contribution in [-0.2, 0) is 21.5 Å². The molecule has 2 spiro atoms. The first kappa shape index (κ1) is 15.0. The molecule has 0 radical (unpaired) electrons. The maximum atomic E-state index is 14.4. The quantitative estimate of drug-likeness (QED) is 0.792.